The molecule has 0 saturated carbocycles. The lowest BCUT2D eigenvalue weighted by Crippen LogP contribution is -2.00. The first kappa shape index (κ1) is 10.2. The largest absolute Gasteiger partial charge is 0.392 e. The van der Waals surface area contributed by atoms with Crippen molar-refractivity contribution in [2.24, 2.45) is 0 Å². The predicted octanol–water partition coefficient (Wildman–Crippen LogP) is 2.13. The van der Waals surface area contributed by atoms with Crippen LogP contribution < -0.4 is 0 Å². The molecule has 0 aliphatic carbocycles. The molecule has 2 aromatic rings. The van der Waals surface area contributed by atoms with Crippen molar-refractivity contribution in [2.45, 2.75) is 20.3 Å². The summed E-state index contributed by atoms with van der Waals surface area (Å²) in [5.74, 6) is 0. The number of benzene rings is 1. The van der Waals surface area contributed by atoms with Gasteiger partial charge in [-0.05, 0) is 24.6 Å². The fraction of sp³-hybridized carbons (Fsp3) is 0.333. The zero-order chi connectivity index (χ0) is 10.7. The van der Waals surface area contributed by atoms with Crippen LogP contribution in [0.2, 0.25) is 0 Å². The smallest absolute Gasteiger partial charge is 0.122 e. The Hall–Kier alpha value is -1.32. The van der Waals surface area contributed by atoms with Crippen molar-refractivity contribution >= 4 is 10.9 Å². The lowest BCUT2D eigenvalue weighted by atomic mass is 10.1. The maximum Gasteiger partial charge on any atom is 0.122 e. The van der Waals surface area contributed by atoms with Gasteiger partial charge in [0.25, 0.3) is 0 Å². The monoisotopic (exact) mass is 205 g/mol. The van der Waals surface area contributed by atoms with Crippen molar-refractivity contribution in [1.82, 2.24) is 4.57 Å². The van der Waals surface area contributed by atoms with Crippen molar-refractivity contribution in [1.29, 1.82) is 0 Å². The Morgan fingerprint density at radius 2 is 2.20 bits per heavy atom. The van der Waals surface area contributed by atoms with Crippen molar-refractivity contribution < 1.29 is 9.84 Å². The number of fused-ring (bicyclic) bond motifs is 1. The first-order valence-electron chi connectivity index (χ1n) is 5.12. The van der Waals surface area contributed by atoms with E-state index in [1.807, 2.05) is 42.0 Å². The van der Waals surface area contributed by atoms with E-state index in [4.69, 9.17) is 4.74 Å². The molecule has 3 nitrogen and oxygen atoms in total. The summed E-state index contributed by atoms with van der Waals surface area (Å²) in [5.41, 5.74) is 2.07. The Kier molecular flexibility index (Phi) is 3.04. The zero-order valence-electron chi connectivity index (χ0n) is 8.81. The van der Waals surface area contributed by atoms with Gasteiger partial charge in [-0.15, -0.1) is 0 Å². The van der Waals surface area contributed by atoms with E-state index in [-0.39, 0.29) is 6.61 Å². The van der Waals surface area contributed by atoms with Crippen LogP contribution in [0.25, 0.3) is 10.9 Å². The number of aromatic nitrogens is 1. The van der Waals surface area contributed by atoms with Crippen LogP contribution >= 0.6 is 0 Å². The summed E-state index contributed by atoms with van der Waals surface area (Å²) in [6.45, 7) is 3.33. The van der Waals surface area contributed by atoms with E-state index in [2.05, 4.69) is 0 Å². The number of hydrogen-bond donors (Lipinski definition) is 1. The SMILES string of the molecule is CCOCn1ccc2c(CO)cccc21. The predicted molar refractivity (Wildman–Crippen MR) is 59.5 cm³/mol. The van der Waals surface area contributed by atoms with Gasteiger partial charge in [-0.1, -0.05) is 12.1 Å². The summed E-state index contributed by atoms with van der Waals surface area (Å²) in [6, 6.07) is 7.94. The van der Waals surface area contributed by atoms with Crippen molar-refractivity contribution in [2.75, 3.05) is 6.61 Å². The number of hydrogen-bond acceptors (Lipinski definition) is 2. The van der Waals surface area contributed by atoms with E-state index >= 15 is 0 Å². The van der Waals surface area contributed by atoms with E-state index in [0.29, 0.717) is 13.3 Å². The van der Waals surface area contributed by atoms with Crippen LogP contribution in [0.4, 0.5) is 0 Å². The highest BCUT2D eigenvalue weighted by atomic mass is 16.5. The molecule has 1 heterocycles. The van der Waals surface area contributed by atoms with Crippen molar-refractivity contribution in [3.05, 3.63) is 36.0 Å². The Balaban J connectivity index is 2.42. The molecule has 1 aromatic heterocycles. The van der Waals surface area contributed by atoms with Gasteiger partial charge < -0.3 is 14.4 Å². The summed E-state index contributed by atoms with van der Waals surface area (Å²) in [5, 5.41) is 10.3. The van der Waals surface area contributed by atoms with E-state index in [1.54, 1.807) is 0 Å². The van der Waals surface area contributed by atoms with Crippen LogP contribution in [0.3, 0.4) is 0 Å². The Morgan fingerprint density at radius 3 is 2.93 bits per heavy atom. The van der Waals surface area contributed by atoms with Gasteiger partial charge in [0.2, 0.25) is 0 Å². The maximum absolute atomic E-state index is 9.18. The fourth-order valence-corrected chi connectivity index (χ4v) is 1.73. The second-order valence-corrected chi connectivity index (χ2v) is 3.42. The van der Waals surface area contributed by atoms with Crippen LogP contribution in [-0.2, 0) is 18.1 Å². The topological polar surface area (TPSA) is 34.4 Å². The van der Waals surface area contributed by atoms with Crippen LogP contribution in [0.15, 0.2) is 30.5 Å². The van der Waals surface area contributed by atoms with Crippen LogP contribution in [0, 0.1) is 0 Å². The van der Waals surface area contributed by atoms with Gasteiger partial charge in [0.15, 0.2) is 0 Å². The highest BCUT2D eigenvalue weighted by molar-refractivity contribution is 5.83. The Morgan fingerprint density at radius 1 is 1.33 bits per heavy atom. The molecule has 0 aliphatic heterocycles. The Bertz CT molecular complexity index is 448. The van der Waals surface area contributed by atoms with Crippen molar-refractivity contribution in [3.8, 4) is 0 Å². The molecule has 2 rings (SSSR count). The number of aliphatic hydroxyl groups excluding tert-OH is 1. The van der Waals surface area contributed by atoms with Gasteiger partial charge in [-0.3, -0.25) is 0 Å². The highest BCUT2D eigenvalue weighted by Gasteiger charge is 2.03. The molecule has 0 unspecified atom stereocenters. The molecule has 0 aliphatic rings. The molecular weight excluding hydrogens is 190 g/mol. The summed E-state index contributed by atoms with van der Waals surface area (Å²) in [4.78, 5) is 0. The number of nitrogens with zero attached hydrogens (tertiary/aromatic N) is 1. The zero-order valence-corrected chi connectivity index (χ0v) is 8.81. The van der Waals surface area contributed by atoms with Gasteiger partial charge >= 0.3 is 0 Å². The van der Waals surface area contributed by atoms with Crippen LogP contribution in [0.1, 0.15) is 12.5 Å². The third kappa shape index (κ3) is 1.89. The fourth-order valence-electron chi connectivity index (χ4n) is 1.73. The molecule has 0 bridgehead atoms. The second kappa shape index (κ2) is 4.47. The average molecular weight is 205 g/mol. The van der Waals surface area contributed by atoms with Crippen molar-refractivity contribution in [3.63, 3.8) is 0 Å². The van der Waals surface area contributed by atoms with Gasteiger partial charge in [0.1, 0.15) is 6.73 Å². The molecule has 0 fully saturated rings. The van der Waals surface area contributed by atoms with Gasteiger partial charge in [-0.25, -0.2) is 0 Å². The lowest BCUT2D eigenvalue weighted by Gasteiger charge is -2.05. The second-order valence-electron chi connectivity index (χ2n) is 3.42. The van der Waals surface area contributed by atoms with E-state index < -0.39 is 0 Å². The lowest BCUT2D eigenvalue weighted by molar-refractivity contribution is 0.0909. The van der Waals surface area contributed by atoms with Gasteiger partial charge in [-0.2, -0.15) is 0 Å². The third-order valence-corrected chi connectivity index (χ3v) is 2.51. The minimum absolute atomic E-state index is 0.0794. The first-order valence-corrected chi connectivity index (χ1v) is 5.12. The molecule has 1 N–H and O–H groups in total. The molecule has 0 amide bonds. The van der Waals surface area contributed by atoms with Gasteiger partial charge in [0.05, 0.1) is 12.1 Å². The van der Waals surface area contributed by atoms with E-state index in [9.17, 15) is 5.11 Å². The highest BCUT2D eigenvalue weighted by Crippen LogP contribution is 2.20. The third-order valence-electron chi connectivity index (χ3n) is 2.51. The first-order chi connectivity index (χ1) is 7.36. The van der Waals surface area contributed by atoms with Crippen LogP contribution in [-0.4, -0.2) is 16.3 Å². The maximum atomic E-state index is 9.18. The van der Waals surface area contributed by atoms with Gasteiger partial charge in [0, 0.05) is 18.2 Å². The summed E-state index contributed by atoms with van der Waals surface area (Å²) < 4.78 is 7.40. The molecule has 0 atom stereocenters. The van der Waals surface area contributed by atoms with E-state index in [0.717, 1.165) is 16.5 Å². The molecule has 3 heteroatoms. The quantitative estimate of drug-likeness (QED) is 0.829. The summed E-state index contributed by atoms with van der Waals surface area (Å²) >= 11 is 0. The minimum Gasteiger partial charge on any atom is -0.392 e. The number of rotatable bonds is 4. The molecule has 1 aromatic carbocycles. The summed E-state index contributed by atoms with van der Waals surface area (Å²) in [7, 11) is 0. The summed E-state index contributed by atoms with van der Waals surface area (Å²) in [6.07, 6.45) is 1.99. The molecular formula is C12H15NO2. The molecule has 80 valence electrons. The van der Waals surface area contributed by atoms with E-state index in [1.165, 1.54) is 0 Å². The normalized spacial score (nSPS) is 11.1. The molecule has 0 radical (unpaired) electrons. The Labute approximate surface area is 88.9 Å². The average Bonchev–Trinajstić information content (AvgIpc) is 2.69. The number of ether oxygens (including phenoxy) is 1. The minimum atomic E-state index is 0.0794. The standard InChI is InChI=1S/C12H15NO2/c1-2-15-9-13-7-6-11-10(8-14)4-3-5-12(11)13/h3-7,14H,2,8-9H2,1H3. The van der Waals surface area contributed by atoms with Crippen LogP contribution in [0.5, 0.6) is 0 Å². The number of aliphatic hydroxyl groups is 1. The molecule has 0 saturated heterocycles. The molecule has 15 heavy (non-hydrogen) atoms. The molecule has 0 spiro atoms.